The van der Waals surface area contributed by atoms with Gasteiger partial charge in [0.15, 0.2) is 0 Å². The van der Waals surface area contributed by atoms with E-state index in [9.17, 15) is 9.90 Å². The maximum atomic E-state index is 12.2. The van der Waals surface area contributed by atoms with Gasteiger partial charge in [-0.25, -0.2) is 0 Å². The molecule has 2 rings (SSSR count). The highest BCUT2D eigenvalue weighted by Gasteiger charge is 2.08. The van der Waals surface area contributed by atoms with Gasteiger partial charge in [-0.05, 0) is 49.1 Å². The molecule has 134 valence electrons. The molecular weight excluding hydrogens is 314 g/mol. The number of amides is 1. The Hall–Kier alpha value is -2.33. The number of benzene rings is 2. The Balaban J connectivity index is 1.95. The number of hydrogen-bond donors (Lipinski definition) is 2. The molecule has 0 saturated carbocycles. The second kappa shape index (κ2) is 9.84. The molecule has 0 unspecified atom stereocenters. The van der Waals surface area contributed by atoms with Gasteiger partial charge in [-0.3, -0.25) is 4.79 Å². The largest absolute Gasteiger partial charge is 0.494 e. The van der Waals surface area contributed by atoms with Gasteiger partial charge in [0.25, 0.3) is 0 Å². The Bertz CT molecular complexity index is 680. The van der Waals surface area contributed by atoms with Crippen LogP contribution in [0.1, 0.15) is 43.4 Å². The maximum absolute atomic E-state index is 12.2. The van der Waals surface area contributed by atoms with Gasteiger partial charge in [0.05, 0.1) is 19.6 Å². The number of aliphatic hydroxyl groups excluding tert-OH is 1. The zero-order chi connectivity index (χ0) is 18.1. The number of aryl methyl sites for hydroxylation is 1. The van der Waals surface area contributed by atoms with Crippen LogP contribution < -0.4 is 10.1 Å². The summed E-state index contributed by atoms with van der Waals surface area (Å²) in [6, 6.07) is 13.5. The van der Waals surface area contributed by atoms with Crippen LogP contribution in [0.15, 0.2) is 42.5 Å². The average Bonchev–Trinajstić information content (AvgIpc) is 2.62. The van der Waals surface area contributed by atoms with Gasteiger partial charge in [0.2, 0.25) is 5.91 Å². The molecule has 1 amide bonds. The van der Waals surface area contributed by atoms with E-state index >= 15 is 0 Å². The number of rotatable bonds is 9. The first-order valence-corrected chi connectivity index (χ1v) is 8.90. The zero-order valence-electron chi connectivity index (χ0n) is 15.0. The summed E-state index contributed by atoms with van der Waals surface area (Å²) in [5, 5.41) is 12.3. The van der Waals surface area contributed by atoms with Crippen LogP contribution in [0, 0.1) is 0 Å². The van der Waals surface area contributed by atoms with Crippen molar-refractivity contribution < 1.29 is 14.6 Å². The molecule has 2 aromatic rings. The van der Waals surface area contributed by atoms with E-state index in [2.05, 4.69) is 24.4 Å². The SMILES string of the molecule is CCCCc1ccc(CC(=O)Nc2ccc(OCC)c(CO)c2)cc1. The maximum Gasteiger partial charge on any atom is 0.228 e. The van der Waals surface area contributed by atoms with E-state index in [-0.39, 0.29) is 12.5 Å². The molecule has 2 aromatic carbocycles. The summed E-state index contributed by atoms with van der Waals surface area (Å²) in [5.74, 6) is 0.569. The van der Waals surface area contributed by atoms with Crippen LogP contribution in [0.5, 0.6) is 5.75 Å². The number of nitrogens with one attached hydrogen (secondary N) is 1. The van der Waals surface area contributed by atoms with Crippen LogP contribution in [0.4, 0.5) is 5.69 Å². The highest BCUT2D eigenvalue weighted by atomic mass is 16.5. The van der Waals surface area contributed by atoms with E-state index in [0.717, 1.165) is 12.0 Å². The lowest BCUT2D eigenvalue weighted by Crippen LogP contribution is -2.14. The average molecular weight is 341 g/mol. The van der Waals surface area contributed by atoms with Gasteiger partial charge >= 0.3 is 0 Å². The van der Waals surface area contributed by atoms with Crippen LogP contribution >= 0.6 is 0 Å². The van der Waals surface area contributed by atoms with Crippen molar-refractivity contribution in [3.05, 3.63) is 59.2 Å². The molecule has 4 heteroatoms. The van der Waals surface area contributed by atoms with Gasteiger partial charge < -0.3 is 15.2 Å². The predicted octanol–water partition coefficient (Wildman–Crippen LogP) is 4.10. The van der Waals surface area contributed by atoms with Crippen molar-refractivity contribution in [2.45, 2.75) is 46.1 Å². The molecule has 0 radical (unpaired) electrons. The number of hydrogen-bond acceptors (Lipinski definition) is 3. The van der Waals surface area contributed by atoms with Crippen molar-refractivity contribution in [3.63, 3.8) is 0 Å². The minimum Gasteiger partial charge on any atom is -0.494 e. The van der Waals surface area contributed by atoms with E-state index < -0.39 is 0 Å². The lowest BCUT2D eigenvalue weighted by molar-refractivity contribution is -0.115. The van der Waals surface area contributed by atoms with Gasteiger partial charge in [-0.2, -0.15) is 0 Å². The highest BCUT2D eigenvalue weighted by molar-refractivity contribution is 5.92. The molecule has 0 heterocycles. The highest BCUT2D eigenvalue weighted by Crippen LogP contribution is 2.23. The Kier molecular flexibility index (Phi) is 7.48. The van der Waals surface area contributed by atoms with Crippen molar-refractivity contribution in [1.29, 1.82) is 0 Å². The van der Waals surface area contributed by atoms with Crippen LogP contribution in [0.2, 0.25) is 0 Å². The van der Waals surface area contributed by atoms with Crippen LogP contribution in [-0.2, 0) is 24.2 Å². The predicted molar refractivity (Wildman–Crippen MR) is 101 cm³/mol. The Morgan fingerprint density at radius 3 is 2.44 bits per heavy atom. The first-order chi connectivity index (χ1) is 12.2. The molecule has 0 aromatic heterocycles. The molecule has 0 spiro atoms. The first kappa shape index (κ1) is 19.0. The minimum absolute atomic E-state index is 0.0747. The number of carbonyl (C=O) groups is 1. The summed E-state index contributed by atoms with van der Waals surface area (Å²) in [7, 11) is 0. The molecule has 4 nitrogen and oxygen atoms in total. The zero-order valence-corrected chi connectivity index (χ0v) is 15.0. The Labute approximate surface area is 149 Å². The molecule has 0 aliphatic carbocycles. The lowest BCUT2D eigenvalue weighted by Gasteiger charge is -2.11. The van der Waals surface area contributed by atoms with Gasteiger partial charge in [-0.1, -0.05) is 37.6 Å². The fourth-order valence-electron chi connectivity index (χ4n) is 2.67. The minimum atomic E-state index is -0.127. The van der Waals surface area contributed by atoms with Crippen molar-refractivity contribution >= 4 is 11.6 Å². The van der Waals surface area contributed by atoms with E-state index in [4.69, 9.17) is 4.74 Å². The van der Waals surface area contributed by atoms with Gasteiger partial charge in [-0.15, -0.1) is 0 Å². The Morgan fingerprint density at radius 2 is 1.80 bits per heavy atom. The third-order valence-electron chi connectivity index (χ3n) is 4.02. The monoisotopic (exact) mass is 341 g/mol. The van der Waals surface area contributed by atoms with Gasteiger partial charge in [0, 0.05) is 11.3 Å². The molecule has 0 fully saturated rings. The van der Waals surface area contributed by atoms with Crippen LogP contribution in [0.3, 0.4) is 0 Å². The fraction of sp³-hybridized carbons (Fsp3) is 0.381. The van der Waals surface area contributed by atoms with E-state index in [0.29, 0.717) is 30.0 Å². The standard InChI is InChI=1S/C21H27NO3/c1-3-5-6-16-7-9-17(10-8-16)13-21(24)22-19-11-12-20(25-4-2)18(14-19)15-23/h7-12,14,23H,3-6,13,15H2,1-2H3,(H,22,24). The second-order valence-electron chi connectivity index (χ2n) is 6.06. The quantitative estimate of drug-likeness (QED) is 0.722. The molecular formula is C21H27NO3. The summed E-state index contributed by atoms with van der Waals surface area (Å²) in [5.41, 5.74) is 3.63. The molecule has 0 bridgehead atoms. The topological polar surface area (TPSA) is 58.6 Å². The van der Waals surface area contributed by atoms with Crippen molar-refractivity contribution in [2.24, 2.45) is 0 Å². The Morgan fingerprint density at radius 1 is 1.08 bits per heavy atom. The van der Waals surface area contributed by atoms with Crippen molar-refractivity contribution in [3.8, 4) is 5.75 Å². The summed E-state index contributed by atoms with van der Waals surface area (Å²) >= 11 is 0. The molecule has 0 aliphatic rings. The van der Waals surface area contributed by atoms with Crippen molar-refractivity contribution in [2.75, 3.05) is 11.9 Å². The third-order valence-corrected chi connectivity index (χ3v) is 4.02. The van der Waals surface area contributed by atoms with E-state index in [1.54, 1.807) is 18.2 Å². The second-order valence-corrected chi connectivity index (χ2v) is 6.06. The van der Waals surface area contributed by atoms with Crippen molar-refractivity contribution in [1.82, 2.24) is 0 Å². The van der Waals surface area contributed by atoms with E-state index in [1.807, 2.05) is 19.1 Å². The van der Waals surface area contributed by atoms with Crippen LogP contribution in [0.25, 0.3) is 0 Å². The third kappa shape index (κ3) is 5.91. The smallest absolute Gasteiger partial charge is 0.228 e. The summed E-state index contributed by atoms with van der Waals surface area (Å²) in [6.45, 7) is 4.48. The molecule has 25 heavy (non-hydrogen) atoms. The van der Waals surface area contributed by atoms with Gasteiger partial charge in [0.1, 0.15) is 5.75 Å². The number of carbonyl (C=O) groups excluding carboxylic acids is 1. The first-order valence-electron chi connectivity index (χ1n) is 8.90. The fourth-order valence-corrected chi connectivity index (χ4v) is 2.67. The molecule has 0 saturated heterocycles. The molecule has 2 N–H and O–H groups in total. The number of ether oxygens (including phenoxy) is 1. The van der Waals surface area contributed by atoms with Crippen LogP contribution in [-0.4, -0.2) is 17.6 Å². The molecule has 0 atom stereocenters. The summed E-state index contributed by atoms with van der Waals surface area (Å²) in [6.07, 6.45) is 3.78. The van der Waals surface area contributed by atoms with E-state index in [1.165, 1.54) is 18.4 Å². The number of anilines is 1. The summed E-state index contributed by atoms with van der Waals surface area (Å²) < 4.78 is 5.45. The normalized spacial score (nSPS) is 10.5. The molecule has 0 aliphatic heterocycles. The number of unbranched alkanes of at least 4 members (excludes halogenated alkanes) is 1. The number of aliphatic hydroxyl groups is 1. The lowest BCUT2D eigenvalue weighted by atomic mass is 10.0. The summed E-state index contributed by atoms with van der Waals surface area (Å²) in [4.78, 5) is 12.2.